The minimum atomic E-state index is -4.41. The number of nitrogen functional groups attached to an aromatic ring is 1. The lowest BCUT2D eigenvalue weighted by atomic mass is 9.82. The number of nitrogens with one attached hydrogen (secondary N) is 1. The van der Waals surface area contributed by atoms with Crippen LogP contribution in [-0.4, -0.2) is 63.4 Å². The van der Waals surface area contributed by atoms with Gasteiger partial charge in [-0.25, -0.2) is 12.6 Å². The fraction of sp³-hybridized carbons (Fsp3) is 0.167. The van der Waals surface area contributed by atoms with E-state index in [1.54, 1.807) is 12.1 Å². The van der Waals surface area contributed by atoms with Crippen molar-refractivity contribution in [1.29, 1.82) is 0 Å². The Balaban J connectivity index is 1.74. The molecule has 40 heavy (non-hydrogen) atoms. The number of anilines is 3. The van der Waals surface area contributed by atoms with Crippen molar-refractivity contribution in [3.05, 3.63) is 76.9 Å². The van der Waals surface area contributed by atoms with Crippen molar-refractivity contribution in [2.75, 3.05) is 37.6 Å². The third kappa shape index (κ3) is 5.49. The van der Waals surface area contributed by atoms with E-state index in [9.17, 15) is 34.8 Å². The van der Waals surface area contributed by atoms with E-state index in [0.29, 0.717) is 0 Å². The second-order valence-electron chi connectivity index (χ2n) is 8.28. The highest BCUT2D eigenvalue weighted by molar-refractivity contribution is 7.91. The van der Waals surface area contributed by atoms with Crippen molar-refractivity contribution >= 4 is 59.0 Å². The quantitative estimate of drug-likeness (QED) is 0.195. The van der Waals surface area contributed by atoms with Crippen molar-refractivity contribution in [2.45, 2.75) is 9.79 Å². The van der Waals surface area contributed by atoms with Crippen LogP contribution in [0, 0.1) is 0 Å². The third-order valence-corrected chi connectivity index (χ3v) is 9.84. The van der Waals surface area contributed by atoms with E-state index >= 15 is 0 Å². The molecule has 1 aliphatic rings. The molecule has 1 aliphatic carbocycles. The molecule has 212 valence electrons. The summed E-state index contributed by atoms with van der Waals surface area (Å²) in [5, 5.41) is 2.86. The summed E-state index contributed by atoms with van der Waals surface area (Å²) in [7, 11) is -10.9. The number of sulfone groups is 1. The van der Waals surface area contributed by atoms with Crippen LogP contribution in [0.25, 0.3) is 0 Å². The van der Waals surface area contributed by atoms with Gasteiger partial charge in [0, 0.05) is 16.8 Å². The Bertz CT molecular complexity index is 1850. The van der Waals surface area contributed by atoms with Gasteiger partial charge in [-0.15, -0.1) is 0 Å². The molecule has 16 heteroatoms. The molecule has 0 bridgehead atoms. The van der Waals surface area contributed by atoms with Crippen LogP contribution < -0.4 is 11.1 Å². The average molecular weight is 611 g/mol. The molecule has 3 aromatic carbocycles. The molecule has 0 aliphatic heterocycles. The maximum atomic E-state index is 13.5. The highest BCUT2D eigenvalue weighted by atomic mass is 32.3. The van der Waals surface area contributed by atoms with Gasteiger partial charge in [-0.3, -0.25) is 18.0 Å². The van der Waals surface area contributed by atoms with Gasteiger partial charge < -0.3 is 11.1 Å². The first kappa shape index (κ1) is 29.3. The Morgan fingerprint density at radius 2 is 1.38 bits per heavy atom. The average Bonchev–Trinajstić information content (AvgIpc) is 2.92. The van der Waals surface area contributed by atoms with E-state index in [1.807, 2.05) is 0 Å². The molecule has 0 saturated heterocycles. The summed E-state index contributed by atoms with van der Waals surface area (Å²) in [6.45, 7) is -0.676. The van der Waals surface area contributed by atoms with Crippen LogP contribution in [-0.2, 0) is 42.9 Å². The largest absolute Gasteiger partial charge is 0.399 e. The van der Waals surface area contributed by atoms with Gasteiger partial charge in [-0.1, -0.05) is 24.3 Å². The first-order valence-corrected chi connectivity index (χ1v) is 15.6. The smallest absolute Gasteiger partial charge is 0.397 e. The van der Waals surface area contributed by atoms with Crippen molar-refractivity contribution in [2.24, 2.45) is 0 Å². The zero-order chi connectivity index (χ0) is 29.5. The fourth-order valence-corrected chi connectivity index (χ4v) is 6.39. The molecule has 0 atom stereocenters. The molecule has 0 heterocycles. The third-order valence-electron chi connectivity index (χ3n) is 5.97. The minimum Gasteiger partial charge on any atom is -0.397 e. The number of benzene rings is 3. The van der Waals surface area contributed by atoms with Crippen LogP contribution in [0.15, 0.2) is 64.4 Å². The van der Waals surface area contributed by atoms with E-state index in [2.05, 4.69) is 17.9 Å². The van der Waals surface area contributed by atoms with Crippen LogP contribution in [0.4, 0.5) is 17.1 Å². The van der Waals surface area contributed by atoms with Crippen LogP contribution in [0.5, 0.6) is 0 Å². The Morgan fingerprint density at radius 3 is 1.93 bits per heavy atom. The fourth-order valence-electron chi connectivity index (χ4n) is 4.00. The summed E-state index contributed by atoms with van der Waals surface area (Å²) in [6.07, 6.45) is 0. The number of ketones is 2. The highest BCUT2D eigenvalue weighted by Crippen LogP contribution is 2.40. The summed E-state index contributed by atoms with van der Waals surface area (Å²) in [5.41, 5.74) is 5.48. The molecular weight excluding hydrogens is 588 g/mol. The molecule has 4 rings (SSSR count). The second-order valence-corrected chi connectivity index (χ2v) is 13.5. The molecule has 0 radical (unpaired) electrons. The van der Waals surface area contributed by atoms with Crippen LogP contribution in [0.2, 0.25) is 0 Å². The molecule has 0 aromatic heterocycles. The number of nitrogens with two attached hydrogens (primary N) is 1. The Labute approximate surface area is 230 Å². The van der Waals surface area contributed by atoms with Crippen molar-refractivity contribution in [3.8, 4) is 0 Å². The topological polar surface area (TPSA) is 202 Å². The number of fused-ring (bicyclic) bond motifs is 2. The molecule has 13 nitrogen and oxygen atoms in total. The molecule has 0 unspecified atom stereocenters. The zero-order valence-electron chi connectivity index (χ0n) is 20.9. The highest BCUT2D eigenvalue weighted by Gasteiger charge is 2.36. The first-order valence-electron chi connectivity index (χ1n) is 11.2. The summed E-state index contributed by atoms with van der Waals surface area (Å²) < 4.78 is 86.0. The van der Waals surface area contributed by atoms with E-state index in [-0.39, 0.29) is 38.5 Å². The maximum absolute atomic E-state index is 13.5. The first-order chi connectivity index (χ1) is 18.7. The number of carbonyl (C=O) groups is 2. The van der Waals surface area contributed by atoms with Gasteiger partial charge in [0.05, 0.1) is 54.0 Å². The lowest BCUT2D eigenvalue weighted by molar-refractivity contribution is 0.0980. The molecule has 0 amide bonds. The number of carbonyl (C=O) groups excluding carboxylic acids is 2. The SMILES string of the molecule is COS(=O)(=O)OCCS(=O)(=O)c1ccc(Nc2cc(S(=O)(=O)OC)c(N)c3c2C(=O)c2ccccc2C3=O)cc1. The van der Waals surface area contributed by atoms with Crippen LogP contribution in [0.3, 0.4) is 0 Å². The Morgan fingerprint density at radius 1 is 0.800 bits per heavy atom. The maximum Gasteiger partial charge on any atom is 0.399 e. The van der Waals surface area contributed by atoms with Crippen molar-refractivity contribution < 1.29 is 47.4 Å². The predicted octanol–water partition coefficient (Wildman–Crippen LogP) is 1.80. The Hall–Kier alpha value is -3.67. The van der Waals surface area contributed by atoms with E-state index in [0.717, 1.165) is 20.3 Å². The lowest BCUT2D eigenvalue weighted by Gasteiger charge is -2.24. The second kappa shape index (κ2) is 10.7. The molecule has 0 spiro atoms. The monoisotopic (exact) mass is 610 g/mol. The van der Waals surface area contributed by atoms with Gasteiger partial charge in [0.2, 0.25) is 0 Å². The predicted molar refractivity (Wildman–Crippen MR) is 142 cm³/mol. The molecule has 3 aromatic rings. The van der Waals surface area contributed by atoms with Gasteiger partial charge in [-0.2, -0.15) is 16.8 Å². The molecule has 3 N–H and O–H groups in total. The van der Waals surface area contributed by atoms with E-state index < -0.39 is 64.9 Å². The van der Waals surface area contributed by atoms with Crippen LogP contribution in [0.1, 0.15) is 31.8 Å². The van der Waals surface area contributed by atoms with Gasteiger partial charge in [0.1, 0.15) is 4.90 Å². The lowest BCUT2D eigenvalue weighted by Crippen LogP contribution is -2.25. The summed E-state index contributed by atoms with van der Waals surface area (Å²) in [5.74, 6) is -1.90. The zero-order valence-corrected chi connectivity index (χ0v) is 23.4. The van der Waals surface area contributed by atoms with Gasteiger partial charge in [-0.05, 0) is 30.3 Å². The van der Waals surface area contributed by atoms with E-state index in [4.69, 9.17) is 5.73 Å². The summed E-state index contributed by atoms with van der Waals surface area (Å²) in [4.78, 5) is 26.1. The number of hydrogen-bond donors (Lipinski definition) is 2. The van der Waals surface area contributed by atoms with E-state index in [1.165, 1.54) is 36.4 Å². The minimum absolute atomic E-state index is 0.0569. The van der Waals surface area contributed by atoms with Gasteiger partial charge in [0.25, 0.3) is 10.1 Å². The molecular formula is C24H22N2O11S3. The number of rotatable bonds is 10. The summed E-state index contributed by atoms with van der Waals surface area (Å²) >= 11 is 0. The normalized spacial score (nSPS) is 13.6. The number of hydrogen-bond acceptors (Lipinski definition) is 13. The van der Waals surface area contributed by atoms with Gasteiger partial charge >= 0.3 is 10.4 Å². The molecule has 0 fully saturated rings. The standard InChI is InChI=1S/C24H22N2O11S3/c1-35-39(31,32)19-13-18(20-21(22(19)25)24(28)17-6-4-3-5-16(17)23(20)27)26-14-7-9-15(10-8-14)38(29,30)12-11-37-40(33,34)36-2/h3-10,13,26H,11-12,25H2,1-2H3. The van der Waals surface area contributed by atoms with Crippen LogP contribution >= 0.6 is 0 Å². The van der Waals surface area contributed by atoms with Crippen molar-refractivity contribution in [1.82, 2.24) is 0 Å². The van der Waals surface area contributed by atoms with Gasteiger partial charge in [0.15, 0.2) is 21.4 Å². The summed E-state index contributed by atoms with van der Waals surface area (Å²) in [6, 6.07) is 12.2. The van der Waals surface area contributed by atoms with Crippen molar-refractivity contribution in [3.63, 3.8) is 0 Å². The Kier molecular flexibility index (Phi) is 7.85. The molecule has 0 saturated carbocycles.